The number of carbonyl (C=O) groups is 2. The Morgan fingerprint density at radius 3 is 2.93 bits per heavy atom. The number of nitrogens with zero attached hydrogens (tertiary/aromatic N) is 1. The Kier molecular flexibility index (Phi) is 6.88. The van der Waals surface area contributed by atoms with Crippen molar-refractivity contribution in [2.24, 2.45) is 0 Å². The second kappa shape index (κ2) is 9.37. The van der Waals surface area contributed by atoms with Crippen LogP contribution in [0, 0.1) is 0 Å². The van der Waals surface area contributed by atoms with Crippen LogP contribution in [-0.2, 0) is 11.2 Å². The minimum Gasteiger partial charge on any atom is -0.477 e. The van der Waals surface area contributed by atoms with Crippen molar-refractivity contribution >= 4 is 34.8 Å². The van der Waals surface area contributed by atoms with Crippen LogP contribution in [0.25, 0.3) is 0 Å². The van der Waals surface area contributed by atoms with Gasteiger partial charge in [0.15, 0.2) is 0 Å². The zero-order chi connectivity index (χ0) is 20.1. The van der Waals surface area contributed by atoms with Crippen LogP contribution in [0.5, 0.6) is 0 Å². The van der Waals surface area contributed by atoms with Gasteiger partial charge in [0, 0.05) is 18.0 Å². The molecule has 2 heterocycles. The van der Waals surface area contributed by atoms with E-state index in [9.17, 15) is 14.7 Å². The average molecular weight is 420 g/mol. The molecular formula is C21H22ClNO4S. The molecule has 0 aliphatic carbocycles. The number of carboxylic acid groups (broad SMARTS) is 1. The van der Waals surface area contributed by atoms with Crippen molar-refractivity contribution in [2.75, 3.05) is 6.54 Å². The number of aromatic carboxylic acids is 1. The van der Waals surface area contributed by atoms with Crippen molar-refractivity contribution < 1.29 is 19.8 Å². The summed E-state index contributed by atoms with van der Waals surface area (Å²) in [7, 11) is 0. The number of hydrogen-bond acceptors (Lipinski definition) is 4. The third-order valence-electron chi connectivity index (χ3n) is 4.81. The largest absolute Gasteiger partial charge is 0.477 e. The van der Waals surface area contributed by atoms with Gasteiger partial charge in [-0.15, -0.1) is 11.3 Å². The number of thiophene rings is 1. The molecule has 1 fully saturated rings. The minimum absolute atomic E-state index is 0.0293. The molecular weight excluding hydrogens is 398 g/mol. The maximum Gasteiger partial charge on any atom is 0.345 e. The van der Waals surface area contributed by atoms with Gasteiger partial charge in [-0.2, -0.15) is 0 Å². The Morgan fingerprint density at radius 1 is 1.39 bits per heavy atom. The number of aryl methyl sites for hydroxylation is 1. The summed E-state index contributed by atoms with van der Waals surface area (Å²) in [5.74, 6) is -0.794. The average Bonchev–Trinajstić information content (AvgIpc) is 3.27. The zero-order valence-electron chi connectivity index (χ0n) is 15.3. The van der Waals surface area contributed by atoms with Gasteiger partial charge in [0.1, 0.15) is 4.88 Å². The molecule has 28 heavy (non-hydrogen) atoms. The predicted octanol–water partition coefficient (Wildman–Crippen LogP) is 4.31. The van der Waals surface area contributed by atoms with E-state index in [-0.39, 0.29) is 11.9 Å². The van der Waals surface area contributed by atoms with Gasteiger partial charge in [-0.25, -0.2) is 4.79 Å². The summed E-state index contributed by atoms with van der Waals surface area (Å²) in [6.07, 6.45) is 5.57. The molecule has 0 radical (unpaired) electrons. The van der Waals surface area contributed by atoms with E-state index in [1.165, 1.54) is 11.3 Å². The first-order valence-corrected chi connectivity index (χ1v) is 10.4. The Labute approximate surface area is 172 Å². The van der Waals surface area contributed by atoms with E-state index in [4.69, 9.17) is 16.7 Å². The third-order valence-corrected chi connectivity index (χ3v) is 6.01. The van der Waals surface area contributed by atoms with Crippen molar-refractivity contribution in [2.45, 2.75) is 37.8 Å². The van der Waals surface area contributed by atoms with Crippen LogP contribution in [0.1, 0.15) is 46.2 Å². The van der Waals surface area contributed by atoms with Gasteiger partial charge in [0.25, 0.3) is 0 Å². The zero-order valence-corrected chi connectivity index (χ0v) is 16.8. The summed E-state index contributed by atoms with van der Waals surface area (Å²) in [5, 5.41) is 21.7. The lowest BCUT2D eigenvalue weighted by Crippen LogP contribution is -2.33. The number of aliphatic hydroxyl groups is 1. The van der Waals surface area contributed by atoms with Crippen molar-refractivity contribution in [3.63, 3.8) is 0 Å². The number of likely N-dealkylation sites (tertiary alicyclic amines) is 1. The number of carbonyl (C=O) groups excluding carboxylic acids is 1. The van der Waals surface area contributed by atoms with Gasteiger partial charge in [-0.05, 0) is 54.0 Å². The van der Waals surface area contributed by atoms with Crippen molar-refractivity contribution in [1.29, 1.82) is 0 Å². The first-order valence-electron chi connectivity index (χ1n) is 9.16. The fraction of sp³-hybridized carbons (Fsp3) is 0.333. The Balaban J connectivity index is 1.55. The second-order valence-electron chi connectivity index (χ2n) is 6.81. The van der Waals surface area contributed by atoms with E-state index in [1.807, 2.05) is 22.4 Å². The molecule has 3 rings (SSSR count). The van der Waals surface area contributed by atoms with Gasteiger partial charge >= 0.3 is 5.97 Å². The Morgan fingerprint density at radius 2 is 2.21 bits per heavy atom. The van der Waals surface area contributed by atoms with Gasteiger partial charge in [-0.1, -0.05) is 35.9 Å². The number of carboxylic acids is 1. The summed E-state index contributed by atoms with van der Waals surface area (Å²) in [6, 6.07) is 8.74. The van der Waals surface area contributed by atoms with E-state index < -0.39 is 12.1 Å². The smallest absolute Gasteiger partial charge is 0.345 e. The number of amides is 1. The highest BCUT2D eigenvalue weighted by atomic mass is 35.5. The predicted molar refractivity (Wildman–Crippen MR) is 110 cm³/mol. The lowest BCUT2D eigenvalue weighted by atomic mass is 10.1. The maximum absolute atomic E-state index is 12.2. The molecule has 0 unspecified atom stereocenters. The summed E-state index contributed by atoms with van der Waals surface area (Å²) in [6.45, 7) is 0.610. The van der Waals surface area contributed by atoms with Crippen LogP contribution in [0.3, 0.4) is 0 Å². The van der Waals surface area contributed by atoms with Crippen molar-refractivity contribution in [3.8, 4) is 0 Å². The quantitative estimate of drug-likeness (QED) is 0.625. The molecule has 0 bridgehead atoms. The van der Waals surface area contributed by atoms with E-state index in [0.717, 1.165) is 24.8 Å². The SMILES string of the molecule is O=C(O)c1cc(CCCN2C(=O)CC[C@@H]2/C=C/[C@@H](O)c2cccc(Cl)c2)cs1. The molecule has 1 aromatic carbocycles. The van der Waals surface area contributed by atoms with E-state index >= 15 is 0 Å². The van der Waals surface area contributed by atoms with Crippen LogP contribution in [0.2, 0.25) is 5.02 Å². The minimum atomic E-state index is -0.908. The lowest BCUT2D eigenvalue weighted by Gasteiger charge is -2.22. The fourth-order valence-corrected chi connectivity index (χ4v) is 4.34. The topological polar surface area (TPSA) is 77.8 Å². The molecule has 1 saturated heterocycles. The summed E-state index contributed by atoms with van der Waals surface area (Å²) >= 11 is 7.19. The Bertz CT molecular complexity index is 879. The molecule has 0 saturated carbocycles. The van der Waals surface area contributed by atoms with E-state index in [0.29, 0.717) is 28.4 Å². The third kappa shape index (κ3) is 5.22. The molecule has 2 atom stereocenters. The summed E-state index contributed by atoms with van der Waals surface area (Å²) in [5.41, 5.74) is 1.70. The van der Waals surface area contributed by atoms with E-state index in [2.05, 4.69) is 0 Å². The summed E-state index contributed by atoms with van der Waals surface area (Å²) in [4.78, 5) is 25.3. The lowest BCUT2D eigenvalue weighted by molar-refractivity contribution is -0.128. The van der Waals surface area contributed by atoms with Gasteiger partial charge < -0.3 is 15.1 Å². The van der Waals surface area contributed by atoms with Gasteiger partial charge in [0.05, 0.1) is 12.1 Å². The number of benzene rings is 1. The number of aliphatic hydroxyl groups excluding tert-OH is 1. The second-order valence-corrected chi connectivity index (χ2v) is 8.15. The first kappa shape index (κ1) is 20.6. The molecule has 1 aromatic heterocycles. The van der Waals surface area contributed by atoms with Crippen molar-refractivity contribution in [1.82, 2.24) is 4.90 Å². The molecule has 5 nitrogen and oxygen atoms in total. The van der Waals surface area contributed by atoms with Crippen LogP contribution in [-0.4, -0.2) is 39.6 Å². The van der Waals surface area contributed by atoms with Gasteiger partial charge in [0.2, 0.25) is 5.91 Å². The molecule has 2 aromatic rings. The highest BCUT2D eigenvalue weighted by Crippen LogP contribution is 2.24. The first-order chi connectivity index (χ1) is 13.4. The number of rotatable bonds is 8. The number of halogens is 1. The molecule has 0 spiro atoms. The molecule has 148 valence electrons. The number of hydrogen-bond donors (Lipinski definition) is 2. The monoisotopic (exact) mass is 419 g/mol. The molecule has 7 heteroatoms. The highest BCUT2D eigenvalue weighted by Gasteiger charge is 2.28. The van der Waals surface area contributed by atoms with Crippen LogP contribution < -0.4 is 0 Å². The fourth-order valence-electron chi connectivity index (χ4n) is 3.35. The molecule has 1 aliphatic rings. The van der Waals surface area contributed by atoms with Crippen molar-refractivity contribution in [3.05, 3.63) is 68.9 Å². The molecule has 1 amide bonds. The molecule has 1 aliphatic heterocycles. The standard InChI is InChI=1S/C21H22ClNO4S/c22-16-5-1-4-15(12-16)18(24)8-6-17-7-9-20(25)23(17)10-2-3-14-11-19(21(26)27)28-13-14/h1,4-6,8,11-13,17-18,24H,2-3,7,9-10H2,(H,26,27)/b8-6+/t17-,18+/m0/s1. The van der Waals surface area contributed by atoms with Crippen LogP contribution in [0.4, 0.5) is 0 Å². The normalized spacial score (nSPS) is 18.1. The summed E-state index contributed by atoms with van der Waals surface area (Å²) < 4.78 is 0. The van der Waals surface area contributed by atoms with Crippen LogP contribution in [0.15, 0.2) is 47.9 Å². The van der Waals surface area contributed by atoms with E-state index in [1.54, 1.807) is 30.3 Å². The van der Waals surface area contributed by atoms with Crippen LogP contribution >= 0.6 is 22.9 Å². The van der Waals surface area contributed by atoms with Gasteiger partial charge in [-0.3, -0.25) is 4.79 Å². The Hall–Kier alpha value is -2.15. The molecule has 2 N–H and O–H groups in total. The highest BCUT2D eigenvalue weighted by molar-refractivity contribution is 7.12. The maximum atomic E-state index is 12.2.